The molecule has 1 N–H and O–H groups in total. The third-order valence-electron chi connectivity index (χ3n) is 2.73. The number of nitrogens with zero attached hydrogens (tertiary/aromatic N) is 1. The first-order valence-corrected chi connectivity index (χ1v) is 7.44. The molecule has 0 aliphatic carbocycles. The van der Waals surface area contributed by atoms with Crippen molar-refractivity contribution in [3.8, 4) is 11.8 Å². The molecular weight excluding hydrogens is 290 g/mol. The van der Waals surface area contributed by atoms with Gasteiger partial charge in [0.25, 0.3) is 5.91 Å². The number of carbonyl (C=O) groups is 2. The van der Waals surface area contributed by atoms with Gasteiger partial charge in [-0.05, 0) is 25.3 Å². The highest BCUT2D eigenvalue weighted by Crippen LogP contribution is 2.19. The molecule has 1 rings (SSSR count). The van der Waals surface area contributed by atoms with Crippen LogP contribution in [0.2, 0.25) is 0 Å². The van der Waals surface area contributed by atoms with Crippen LogP contribution in [0.25, 0.3) is 0 Å². The number of ether oxygens (including phenoxy) is 1. The zero-order valence-corrected chi connectivity index (χ0v) is 13.2. The van der Waals surface area contributed by atoms with Crippen molar-refractivity contribution in [3.63, 3.8) is 0 Å². The molecule has 6 heteroatoms. The second-order valence-corrected chi connectivity index (χ2v) is 5.46. The maximum atomic E-state index is 12.6. The molecule has 1 heterocycles. The quantitative estimate of drug-likeness (QED) is 0.661. The van der Waals surface area contributed by atoms with Crippen molar-refractivity contribution >= 4 is 23.2 Å². The molecule has 114 valence electrons. The largest absolute Gasteiger partial charge is 0.468 e. The molecule has 0 fully saturated rings. The van der Waals surface area contributed by atoms with E-state index in [1.165, 1.54) is 23.3 Å². The monoisotopic (exact) mass is 309 g/mol. The van der Waals surface area contributed by atoms with E-state index in [0.29, 0.717) is 16.9 Å². The number of rotatable bonds is 5. The number of carbonyl (C=O) groups excluding carboxylic acids is 2. The lowest BCUT2D eigenvalue weighted by Crippen LogP contribution is -2.41. The molecule has 0 aliphatic heterocycles. The lowest BCUT2D eigenvalue weighted by atomic mass is 10.2. The van der Waals surface area contributed by atoms with Gasteiger partial charge >= 0.3 is 5.97 Å². The molecule has 21 heavy (non-hydrogen) atoms. The third-order valence-corrected chi connectivity index (χ3v) is 3.63. The summed E-state index contributed by atoms with van der Waals surface area (Å²) in [6.07, 6.45) is 0.361. The topological polar surface area (TPSA) is 66.8 Å². The normalized spacial score (nSPS) is 9.95. The van der Waals surface area contributed by atoms with Gasteiger partial charge < -0.3 is 14.7 Å². The summed E-state index contributed by atoms with van der Waals surface area (Å²) in [6.45, 7) is 3.58. The Hall–Kier alpha value is -1.84. The van der Waals surface area contributed by atoms with Crippen LogP contribution in [0.5, 0.6) is 0 Å². The first-order chi connectivity index (χ1) is 10.0. The summed E-state index contributed by atoms with van der Waals surface area (Å²) in [7, 11) is 1.29. The minimum Gasteiger partial charge on any atom is -0.468 e. The van der Waals surface area contributed by atoms with Gasteiger partial charge in [0, 0.05) is 18.0 Å². The van der Waals surface area contributed by atoms with Crippen LogP contribution in [0.1, 0.15) is 35.5 Å². The van der Waals surface area contributed by atoms with E-state index in [1.54, 1.807) is 11.4 Å². The summed E-state index contributed by atoms with van der Waals surface area (Å²) >= 11 is 1.29. The fourth-order valence-electron chi connectivity index (χ4n) is 1.61. The molecule has 0 atom stereocenters. The zero-order valence-electron chi connectivity index (χ0n) is 12.4. The van der Waals surface area contributed by atoms with E-state index >= 15 is 0 Å². The predicted molar refractivity (Wildman–Crippen MR) is 81.1 cm³/mol. The zero-order chi connectivity index (χ0) is 15.8. The molecule has 0 radical (unpaired) electrons. The van der Waals surface area contributed by atoms with E-state index in [0.717, 1.165) is 0 Å². The average molecular weight is 309 g/mol. The molecule has 0 aromatic carbocycles. The van der Waals surface area contributed by atoms with Gasteiger partial charge in [-0.2, -0.15) is 0 Å². The van der Waals surface area contributed by atoms with Crippen LogP contribution in [-0.2, 0) is 9.53 Å². The van der Waals surface area contributed by atoms with E-state index in [-0.39, 0.29) is 25.1 Å². The molecule has 5 nitrogen and oxygen atoms in total. The minimum absolute atomic E-state index is 0.0130. The van der Waals surface area contributed by atoms with Gasteiger partial charge in [0.1, 0.15) is 11.4 Å². The number of thiophene rings is 1. The molecule has 0 saturated carbocycles. The number of aliphatic hydroxyl groups is 1. The Labute approximate surface area is 128 Å². The molecule has 1 aromatic heterocycles. The summed E-state index contributed by atoms with van der Waals surface area (Å²) < 4.78 is 4.62. The van der Waals surface area contributed by atoms with Crippen LogP contribution in [0.15, 0.2) is 11.4 Å². The summed E-state index contributed by atoms with van der Waals surface area (Å²) in [5.74, 6) is 4.98. The second kappa shape index (κ2) is 8.45. The summed E-state index contributed by atoms with van der Waals surface area (Å²) in [5.41, 5.74) is 0.619. The molecule has 0 unspecified atom stereocenters. The standard InChI is InChI=1S/C15H19NO4S/c1-11(2)16(10-13(18)20-3)15(19)14-12(7-9-21-14)6-4-5-8-17/h7,9,11,17H,5,8,10H2,1-3H3. The molecular formula is C15H19NO4S. The van der Waals surface area contributed by atoms with Crippen LogP contribution < -0.4 is 0 Å². The van der Waals surface area contributed by atoms with Crippen LogP contribution in [0, 0.1) is 11.8 Å². The van der Waals surface area contributed by atoms with E-state index in [9.17, 15) is 9.59 Å². The Balaban J connectivity index is 2.98. The van der Waals surface area contributed by atoms with Gasteiger partial charge in [-0.1, -0.05) is 11.8 Å². The maximum absolute atomic E-state index is 12.6. The SMILES string of the molecule is COC(=O)CN(C(=O)c1sccc1C#CCCO)C(C)C. The highest BCUT2D eigenvalue weighted by atomic mass is 32.1. The highest BCUT2D eigenvalue weighted by Gasteiger charge is 2.24. The number of hydrogen-bond donors (Lipinski definition) is 1. The Morgan fingerprint density at radius 3 is 2.76 bits per heavy atom. The second-order valence-electron chi connectivity index (χ2n) is 4.54. The van der Waals surface area contributed by atoms with Crippen LogP contribution in [0.4, 0.5) is 0 Å². The summed E-state index contributed by atoms with van der Waals surface area (Å²) in [5, 5.41) is 10.5. The van der Waals surface area contributed by atoms with Gasteiger partial charge in [0.2, 0.25) is 0 Å². The lowest BCUT2D eigenvalue weighted by Gasteiger charge is -2.25. The molecule has 0 aliphatic rings. The molecule has 0 spiro atoms. The van der Waals surface area contributed by atoms with Gasteiger partial charge in [-0.3, -0.25) is 9.59 Å². The van der Waals surface area contributed by atoms with E-state index < -0.39 is 5.97 Å². The molecule has 0 saturated heterocycles. The van der Waals surface area contributed by atoms with Gasteiger partial charge in [-0.25, -0.2) is 0 Å². The lowest BCUT2D eigenvalue weighted by molar-refractivity contribution is -0.141. The summed E-state index contributed by atoms with van der Waals surface area (Å²) in [6, 6.07) is 1.63. The van der Waals surface area contributed by atoms with Crippen molar-refractivity contribution in [1.29, 1.82) is 0 Å². The van der Waals surface area contributed by atoms with Crippen molar-refractivity contribution in [3.05, 3.63) is 21.9 Å². The first kappa shape index (κ1) is 17.2. The van der Waals surface area contributed by atoms with Crippen molar-refractivity contribution in [2.24, 2.45) is 0 Å². The van der Waals surface area contributed by atoms with Gasteiger partial charge in [-0.15, -0.1) is 11.3 Å². The van der Waals surface area contributed by atoms with Crippen LogP contribution in [0.3, 0.4) is 0 Å². The Kier molecular flexibility index (Phi) is 6.92. The average Bonchev–Trinajstić information content (AvgIpc) is 2.92. The molecule has 1 aromatic rings. The Bertz CT molecular complexity index is 554. The summed E-state index contributed by atoms with van der Waals surface area (Å²) in [4.78, 5) is 25.9. The number of aliphatic hydroxyl groups excluding tert-OH is 1. The first-order valence-electron chi connectivity index (χ1n) is 6.56. The van der Waals surface area contributed by atoms with Gasteiger partial charge in [0.15, 0.2) is 0 Å². The smallest absolute Gasteiger partial charge is 0.325 e. The third kappa shape index (κ3) is 4.88. The van der Waals surface area contributed by atoms with Crippen molar-refractivity contribution in [1.82, 2.24) is 4.90 Å². The van der Waals surface area contributed by atoms with E-state index in [1.807, 2.05) is 13.8 Å². The van der Waals surface area contributed by atoms with Crippen molar-refractivity contribution in [2.75, 3.05) is 20.3 Å². The number of methoxy groups -OCH3 is 1. The van der Waals surface area contributed by atoms with E-state index in [2.05, 4.69) is 16.6 Å². The number of esters is 1. The Morgan fingerprint density at radius 2 is 2.19 bits per heavy atom. The van der Waals surface area contributed by atoms with Crippen molar-refractivity contribution < 1.29 is 19.4 Å². The minimum atomic E-state index is -0.457. The van der Waals surface area contributed by atoms with Crippen LogP contribution in [-0.4, -0.2) is 48.2 Å². The van der Waals surface area contributed by atoms with Crippen LogP contribution >= 0.6 is 11.3 Å². The highest BCUT2D eigenvalue weighted by molar-refractivity contribution is 7.12. The fourth-order valence-corrected chi connectivity index (χ4v) is 2.41. The maximum Gasteiger partial charge on any atom is 0.325 e. The fraction of sp³-hybridized carbons (Fsp3) is 0.467. The number of amides is 1. The predicted octanol–water partition coefficient (Wildman–Crippen LogP) is 1.51. The van der Waals surface area contributed by atoms with E-state index in [4.69, 9.17) is 5.11 Å². The van der Waals surface area contributed by atoms with Crippen molar-refractivity contribution in [2.45, 2.75) is 26.3 Å². The molecule has 0 bridgehead atoms. The molecule has 1 amide bonds. The van der Waals surface area contributed by atoms with Gasteiger partial charge in [0.05, 0.1) is 13.7 Å². The Morgan fingerprint density at radius 1 is 1.48 bits per heavy atom. The number of hydrogen-bond acceptors (Lipinski definition) is 5.